The second kappa shape index (κ2) is 7.61. The van der Waals surface area contributed by atoms with Gasteiger partial charge in [0.2, 0.25) is 0 Å². The van der Waals surface area contributed by atoms with E-state index in [9.17, 15) is 4.39 Å². The first-order valence-corrected chi connectivity index (χ1v) is 9.62. The minimum Gasteiger partial charge on any atom is -0.300 e. The van der Waals surface area contributed by atoms with Crippen molar-refractivity contribution in [3.63, 3.8) is 0 Å². The Labute approximate surface area is 149 Å². The molecular weight excluding hydrogens is 313 g/mol. The van der Waals surface area contributed by atoms with Crippen LogP contribution in [0.3, 0.4) is 0 Å². The topological polar surface area (TPSA) is 29.0 Å². The van der Waals surface area contributed by atoms with Crippen LogP contribution in [-0.4, -0.2) is 34.0 Å². The number of hydrogen-bond acceptors (Lipinski definition) is 3. The minimum absolute atomic E-state index is 0.221. The van der Waals surface area contributed by atoms with Crippen LogP contribution in [0.2, 0.25) is 0 Å². The molecule has 2 aromatic rings. The third kappa shape index (κ3) is 3.74. The molecule has 2 aliphatic rings. The van der Waals surface area contributed by atoms with Gasteiger partial charge in [0.25, 0.3) is 0 Å². The quantitative estimate of drug-likeness (QED) is 0.805. The summed E-state index contributed by atoms with van der Waals surface area (Å²) < 4.78 is 13.7. The van der Waals surface area contributed by atoms with Crippen LogP contribution < -0.4 is 0 Å². The van der Waals surface area contributed by atoms with Crippen LogP contribution in [0.4, 0.5) is 4.39 Å². The van der Waals surface area contributed by atoms with Gasteiger partial charge in [-0.3, -0.25) is 14.9 Å². The zero-order chi connectivity index (χ0) is 17.1. The van der Waals surface area contributed by atoms with Gasteiger partial charge in [-0.05, 0) is 44.4 Å². The standard InChI is InChI=1S/C21H26FN3/c22-18-8-4-6-16(14-18)20-21(24-12-11-23-20)17-7-5-13-25(15-17)19-9-2-1-3-10-19/h4,6,8,11-12,14,17,19H,1-3,5,7,9-10,13,15H2/t17-/m0/s1. The van der Waals surface area contributed by atoms with Crippen molar-refractivity contribution in [2.45, 2.75) is 56.9 Å². The fraction of sp³-hybridized carbons (Fsp3) is 0.524. The van der Waals surface area contributed by atoms with Gasteiger partial charge in [-0.1, -0.05) is 31.4 Å². The Kier molecular flexibility index (Phi) is 5.07. The molecule has 2 heterocycles. The molecule has 1 saturated heterocycles. The van der Waals surface area contributed by atoms with E-state index in [1.807, 2.05) is 6.07 Å². The van der Waals surface area contributed by atoms with Gasteiger partial charge in [-0.15, -0.1) is 0 Å². The fourth-order valence-electron chi connectivity index (χ4n) is 4.51. The van der Waals surface area contributed by atoms with E-state index in [0.29, 0.717) is 5.92 Å². The van der Waals surface area contributed by atoms with Gasteiger partial charge < -0.3 is 0 Å². The van der Waals surface area contributed by atoms with Crippen molar-refractivity contribution in [2.24, 2.45) is 0 Å². The molecule has 1 atom stereocenters. The van der Waals surface area contributed by atoms with Crippen LogP contribution in [0.1, 0.15) is 56.6 Å². The molecule has 4 heteroatoms. The Morgan fingerprint density at radius 2 is 1.80 bits per heavy atom. The molecule has 1 aliphatic carbocycles. The summed E-state index contributed by atoms with van der Waals surface area (Å²) in [6.45, 7) is 2.27. The number of halogens is 1. The van der Waals surface area contributed by atoms with Gasteiger partial charge in [0.05, 0.1) is 11.4 Å². The van der Waals surface area contributed by atoms with E-state index in [1.165, 1.54) is 51.1 Å². The van der Waals surface area contributed by atoms with E-state index in [1.54, 1.807) is 24.5 Å². The van der Waals surface area contributed by atoms with Crippen molar-refractivity contribution in [2.75, 3.05) is 13.1 Å². The predicted octanol–water partition coefficient (Wildman–Crippen LogP) is 4.79. The summed E-state index contributed by atoms with van der Waals surface area (Å²) in [5.41, 5.74) is 2.71. The maximum atomic E-state index is 13.7. The van der Waals surface area contributed by atoms with Gasteiger partial charge in [0.1, 0.15) is 5.82 Å². The average Bonchev–Trinajstić information content (AvgIpc) is 2.69. The van der Waals surface area contributed by atoms with Crippen molar-refractivity contribution in [1.29, 1.82) is 0 Å². The molecule has 4 rings (SSSR count). The smallest absolute Gasteiger partial charge is 0.123 e. The molecule has 0 radical (unpaired) electrons. The lowest BCUT2D eigenvalue weighted by Crippen LogP contribution is -2.43. The monoisotopic (exact) mass is 339 g/mol. The number of rotatable bonds is 3. The number of nitrogens with zero attached hydrogens (tertiary/aromatic N) is 3. The van der Waals surface area contributed by atoms with Gasteiger partial charge in [-0.25, -0.2) is 4.39 Å². The second-order valence-corrected chi connectivity index (χ2v) is 7.43. The van der Waals surface area contributed by atoms with Crippen molar-refractivity contribution in [1.82, 2.24) is 14.9 Å². The largest absolute Gasteiger partial charge is 0.300 e. The Balaban J connectivity index is 1.59. The molecule has 0 spiro atoms. The lowest BCUT2D eigenvalue weighted by Gasteiger charge is -2.40. The van der Waals surface area contributed by atoms with Gasteiger partial charge in [0, 0.05) is 36.5 Å². The summed E-state index contributed by atoms with van der Waals surface area (Å²) in [5.74, 6) is 0.171. The van der Waals surface area contributed by atoms with Crippen molar-refractivity contribution < 1.29 is 4.39 Å². The van der Waals surface area contributed by atoms with Crippen molar-refractivity contribution >= 4 is 0 Å². The molecule has 0 N–H and O–H groups in total. The highest BCUT2D eigenvalue weighted by Crippen LogP contribution is 2.34. The Morgan fingerprint density at radius 1 is 0.960 bits per heavy atom. The highest BCUT2D eigenvalue weighted by molar-refractivity contribution is 5.62. The molecule has 132 valence electrons. The van der Waals surface area contributed by atoms with Crippen LogP contribution in [0, 0.1) is 5.82 Å². The first-order valence-electron chi connectivity index (χ1n) is 9.62. The van der Waals surface area contributed by atoms with Crippen LogP contribution in [0.5, 0.6) is 0 Å². The third-order valence-electron chi connectivity index (χ3n) is 5.76. The normalized spacial score (nSPS) is 22.8. The Bertz CT molecular complexity index is 712. The summed E-state index contributed by atoms with van der Waals surface area (Å²) >= 11 is 0. The Hall–Kier alpha value is -1.81. The van der Waals surface area contributed by atoms with Gasteiger partial charge >= 0.3 is 0 Å². The molecular formula is C21H26FN3. The first kappa shape index (κ1) is 16.6. The maximum absolute atomic E-state index is 13.7. The summed E-state index contributed by atoms with van der Waals surface area (Å²) in [7, 11) is 0. The van der Waals surface area contributed by atoms with Crippen molar-refractivity contribution in [3.8, 4) is 11.3 Å². The predicted molar refractivity (Wildman–Crippen MR) is 97.8 cm³/mol. The zero-order valence-corrected chi connectivity index (χ0v) is 14.7. The first-order chi connectivity index (χ1) is 12.3. The highest BCUT2D eigenvalue weighted by atomic mass is 19.1. The number of benzene rings is 1. The van der Waals surface area contributed by atoms with Crippen LogP contribution in [0.25, 0.3) is 11.3 Å². The molecule has 0 bridgehead atoms. The van der Waals surface area contributed by atoms with E-state index < -0.39 is 0 Å². The van der Waals surface area contributed by atoms with Crippen LogP contribution >= 0.6 is 0 Å². The number of aromatic nitrogens is 2. The van der Waals surface area contributed by atoms with E-state index in [-0.39, 0.29) is 5.82 Å². The van der Waals surface area contributed by atoms with E-state index >= 15 is 0 Å². The van der Waals surface area contributed by atoms with E-state index in [0.717, 1.165) is 36.0 Å². The van der Waals surface area contributed by atoms with E-state index in [4.69, 9.17) is 0 Å². The molecule has 0 unspecified atom stereocenters. The molecule has 3 nitrogen and oxygen atoms in total. The summed E-state index contributed by atoms with van der Waals surface area (Å²) in [5, 5.41) is 0. The van der Waals surface area contributed by atoms with Crippen molar-refractivity contribution in [3.05, 3.63) is 48.2 Å². The molecule has 1 aromatic carbocycles. The molecule has 2 fully saturated rings. The number of hydrogen-bond donors (Lipinski definition) is 0. The van der Waals surface area contributed by atoms with Gasteiger partial charge in [-0.2, -0.15) is 0 Å². The van der Waals surface area contributed by atoms with Crippen LogP contribution in [0.15, 0.2) is 36.7 Å². The molecule has 1 aliphatic heterocycles. The van der Waals surface area contributed by atoms with E-state index in [2.05, 4.69) is 14.9 Å². The van der Waals surface area contributed by atoms with Gasteiger partial charge in [0.15, 0.2) is 0 Å². The second-order valence-electron chi connectivity index (χ2n) is 7.43. The summed E-state index contributed by atoms with van der Waals surface area (Å²) in [6, 6.07) is 7.46. The number of likely N-dealkylation sites (tertiary alicyclic amines) is 1. The maximum Gasteiger partial charge on any atom is 0.123 e. The zero-order valence-electron chi connectivity index (χ0n) is 14.7. The highest BCUT2D eigenvalue weighted by Gasteiger charge is 2.29. The molecule has 1 saturated carbocycles. The summed E-state index contributed by atoms with van der Waals surface area (Å²) in [4.78, 5) is 11.9. The lowest BCUT2D eigenvalue weighted by molar-refractivity contribution is 0.118. The SMILES string of the molecule is Fc1cccc(-c2nccnc2[C@H]2CCCN(C3CCCCC3)C2)c1. The fourth-order valence-corrected chi connectivity index (χ4v) is 4.51. The average molecular weight is 339 g/mol. The molecule has 0 amide bonds. The minimum atomic E-state index is -0.221. The lowest BCUT2D eigenvalue weighted by atomic mass is 9.87. The number of piperidine rings is 1. The molecule has 25 heavy (non-hydrogen) atoms. The third-order valence-corrected chi connectivity index (χ3v) is 5.76. The summed E-state index contributed by atoms with van der Waals surface area (Å²) in [6.07, 6.45) is 12.6. The Morgan fingerprint density at radius 3 is 2.64 bits per heavy atom. The molecule has 1 aromatic heterocycles. The van der Waals surface area contributed by atoms with Crippen LogP contribution in [-0.2, 0) is 0 Å².